The van der Waals surface area contributed by atoms with Crippen LogP contribution in [0.5, 0.6) is 0 Å². The first-order valence-electron chi connectivity index (χ1n) is 8.07. The molecule has 1 aromatic carbocycles. The molecule has 3 rings (SSSR count). The number of para-hydroxylation sites is 1. The normalized spacial score (nSPS) is 11.5. The van der Waals surface area contributed by atoms with Crippen molar-refractivity contribution in [3.05, 3.63) is 35.7 Å². The molecule has 0 aliphatic rings. The number of hydrogen-bond acceptors (Lipinski definition) is 9. The Bertz CT molecular complexity index is 901. The number of thioether (sulfide) groups is 1. The lowest BCUT2D eigenvalue weighted by Gasteiger charge is -2.19. The van der Waals surface area contributed by atoms with Gasteiger partial charge in [-0.25, -0.2) is 4.68 Å². The van der Waals surface area contributed by atoms with Gasteiger partial charge in [-0.05, 0) is 49.8 Å². The van der Waals surface area contributed by atoms with E-state index in [-0.39, 0.29) is 11.5 Å². The number of benzene rings is 1. The molecule has 0 aliphatic heterocycles. The molecule has 0 radical (unpaired) electrons. The van der Waals surface area contributed by atoms with Gasteiger partial charge in [0.25, 0.3) is 0 Å². The SMILES string of the molecule is Cc1ccccc1Nc1nc(N)nc(CSc2nnnn2C(C)(C)C)n1. The van der Waals surface area contributed by atoms with Crippen LogP contribution in [0.25, 0.3) is 0 Å². The van der Waals surface area contributed by atoms with Crippen LogP contribution in [0.2, 0.25) is 0 Å². The standard InChI is InChI=1S/C16H21N9S/c1-10-7-5-6-8-11(10)18-14-20-12(19-13(17)21-14)9-26-15-22-23-24-25(15)16(2,3)4/h5-8H,9H2,1-4H3,(H3,17,18,19,20,21). The number of aromatic nitrogens is 7. The van der Waals surface area contributed by atoms with Gasteiger partial charge in [0.2, 0.25) is 17.1 Å². The van der Waals surface area contributed by atoms with E-state index >= 15 is 0 Å². The summed E-state index contributed by atoms with van der Waals surface area (Å²) in [6, 6.07) is 7.89. The van der Waals surface area contributed by atoms with Crippen molar-refractivity contribution in [3.8, 4) is 0 Å². The van der Waals surface area contributed by atoms with E-state index in [0.717, 1.165) is 11.3 Å². The maximum Gasteiger partial charge on any atom is 0.232 e. The fourth-order valence-electron chi connectivity index (χ4n) is 2.21. The van der Waals surface area contributed by atoms with Gasteiger partial charge in [0.1, 0.15) is 5.82 Å². The topological polar surface area (TPSA) is 120 Å². The molecule has 0 bridgehead atoms. The van der Waals surface area contributed by atoms with Gasteiger partial charge in [-0.1, -0.05) is 30.0 Å². The molecule has 0 amide bonds. The van der Waals surface area contributed by atoms with E-state index in [9.17, 15) is 0 Å². The van der Waals surface area contributed by atoms with Gasteiger partial charge >= 0.3 is 0 Å². The predicted molar refractivity (Wildman–Crippen MR) is 101 cm³/mol. The summed E-state index contributed by atoms with van der Waals surface area (Å²) < 4.78 is 1.77. The van der Waals surface area contributed by atoms with Crippen LogP contribution < -0.4 is 11.1 Å². The second-order valence-electron chi connectivity index (χ2n) is 6.71. The summed E-state index contributed by atoms with van der Waals surface area (Å²) in [6.45, 7) is 8.13. The number of rotatable bonds is 5. The lowest BCUT2D eigenvalue weighted by Crippen LogP contribution is -2.24. The molecular weight excluding hydrogens is 350 g/mol. The summed E-state index contributed by atoms with van der Waals surface area (Å²) in [4.78, 5) is 12.8. The van der Waals surface area contributed by atoms with Gasteiger partial charge in [-0.15, -0.1) is 5.10 Å². The zero-order valence-electron chi connectivity index (χ0n) is 15.1. The smallest absolute Gasteiger partial charge is 0.232 e. The molecular formula is C16H21N9S. The fraction of sp³-hybridized carbons (Fsp3) is 0.375. The monoisotopic (exact) mass is 371 g/mol. The predicted octanol–water partition coefficient (Wildman–Crippen LogP) is 2.54. The maximum absolute atomic E-state index is 5.84. The first-order valence-corrected chi connectivity index (χ1v) is 9.06. The van der Waals surface area contributed by atoms with Gasteiger partial charge in [0, 0.05) is 5.69 Å². The van der Waals surface area contributed by atoms with E-state index in [1.807, 2.05) is 52.0 Å². The lowest BCUT2D eigenvalue weighted by molar-refractivity contribution is 0.321. The highest BCUT2D eigenvalue weighted by Crippen LogP contribution is 2.24. The van der Waals surface area contributed by atoms with Crippen molar-refractivity contribution in [1.29, 1.82) is 0 Å². The molecule has 0 spiro atoms. The molecule has 2 aromatic heterocycles. The average Bonchev–Trinajstić information content (AvgIpc) is 3.04. The summed E-state index contributed by atoms with van der Waals surface area (Å²) in [5.74, 6) is 1.62. The third-order valence-corrected chi connectivity index (χ3v) is 4.41. The van der Waals surface area contributed by atoms with Gasteiger partial charge in [0.05, 0.1) is 11.3 Å². The molecule has 0 aliphatic carbocycles. The third kappa shape index (κ3) is 4.26. The van der Waals surface area contributed by atoms with Crippen LogP contribution in [-0.2, 0) is 11.3 Å². The third-order valence-electron chi connectivity index (χ3n) is 3.50. The molecule has 0 saturated heterocycles. The van der Waals surface area contributed by atoms with Gasteiger partial charge in [0.15, 0.2) is 0 Å². The first-order chi connectivity index (χ1) is 12.3. The fourth-order valence-corrected chi connectivity index (χ4v) is 3.13. The molecule has 0 saturated carbocycles. The number of aryl methyl sites for hydroxylation is 1. The Morgan fingerprint density at radius 1 is 1.15 bits per heavy atom. The summed E-state index contributed by atoms with van der Waals surface area (Å²) in [7, 11) is 0. The van der Waals surface area contributed by atoms with E-state index in [1.165, 1.54) is 11.8 Å². The van der Waals surface area contributed by atoms with Crippen molar-refractivity contribution in [2.45, 2.75) is 44.1 Å². The van der Waals surface area contributed by atoms with Crippen LogP contribution in [0.3, 0.4) is 0 Å². The van der Waals surface area contributed by atoms with Crippen molar-refractivity contribution < 1.29 is 0 Å². The average molecular weight is 371 g/mol. The number of hydrogen-bond donors (Lipinski definition) is 2. The van der Waals surface area contributed by atoms with E-state index in [4.69, 9.17) is 5.73 Å². The second-order valence-corrected chi connectivity index (χ2v) is 7.65. The number of nitrogens with two attached hydrogens (primary N) is 1. The van der Waals surface area contributed by atoms with Crippen molar-refractivity contribution in [1.82, 2.24) is 35.2 Å². The van der Waals surface area contributed by atoms with E-state index < -0.39 is 0 Å². The van der Waals surface area contributed by atoms with Crippen molar-refractivity contribution in [3.63, 3.8) is 0 Å². The maximum atomic E-state index is 5.84. The molecule has 0 unspecified atom stereocenters. The molecule has 3 N–H and O–H groups in total. The highest BCUT2D eigenvalue weighted by atomic mass is 32.2. The van der Waals surface area contributed by atoms with Crippen LogP contribution >= 0.6 is 11.8 Å². The minimum absolute atomic E-state index is 0.169. The number of anilines is 3. The van der Waals surface area contributed by atoms with Crippen molar-refractivity contribution in [2.24, 2.45) is 0 Å². The quantitative estimate of drug-likeness (QED) is 0.652. The Labute approximate surface area is 155 Å². The molecule has 2 heterocycles. The molecule has 10 heteroatoms. The Morgan fingerprint density at radius 2 is 1.92 bits per heavy atom. The van der Waals surface area contributed by atoms with E-state index in [0.29, 0.717) is 22.7 Å². The highest BCUT2D eigenvalue weighted by molar-refractivity contribution is 7.98. The Kier molecular flexibility index (Phi) is 5.03. The molecule has 136 valence electrons. The summed E-state index contributed by atoms with van der Waals surface area (Å²) in [6.07, 6.45) is 0. The highest BCUT2D eigenvalue weighted by Gasteiger charge is 2.20. The Morgan fingerprint density at radius 3 is 2.65 bits per heavy atom. The van der Waals surface area contributed by atoms with Gasteiger partial charge in [-0.2, -0.15) is 15.0 Å². The van der Waals surface area contributed by atoms with Gasteiger partial charge in [-0.3, -0.25) is 0 Å². The zero-order valence-corrected chi connectivity index (χ0v) is 15.9. The number of nitrogens with zero attached hydrogens (tertiary/aromatic N) is 7. The van der Waals surface area contributed by atoms with Crippen LogP contribution in [0.15, 0.2) is 29.4 Å². The minimum atomic E-state index is -0.207. The molecule has 3 aromatic rings. The molecule has 0 fully saturated rings. The molecule has 0 atom stereocenters. The van der Waals surface area contributed by atoms with Crippen molar-refractivity contribution >= 4 is 29.3 Å². The van der Waals surface area contributed by atoms with Crippen LogP contribution in [-0.4, -0.2) is 35.2 Å². The van der Waals surface area contributed by atoms with Crippen molar-refractivity contribution in [2.75, 3.05) is 11.1 Å². The number of tetrazole rings is 1. The Hall–Kier alpha value is -2.75. The second kappa shape index (κ2) is 7.24. The van der Waals surface area contributed by atoms with Crippen LogP contribution in [0, 0.1) is 6.92 Å². The summed E-state index contributed by atoms with van der Waals surface area (Å²) >= 11 is 1.45. The number of nitrogen functional groups attached to an aromatic ring is 1. The molecule has 26 heavy (non-hydrogen) atoms. The Balaban J connectivity index is 1.76. The number of nitrogens with one attached hydrogen (secondary N) is 1. The largest absolute Gasteiger partial charge is 0.368 e. The van der Waals surface area contributed by atoms with E-state index in [2.05, 4.69) is 35.8 Å². The van der Waals surface area contributed by atoms with E-state index in [1.54, 1.807) is 4.68 Å². The van der Waals surface area contributed by atoms with Crippen LogP contribution in [0.4, 0.5) is 17.6 Å². The van der Waals surface area contributed by atoms with Gasteiger partial charge < -0.3 is 11.1 Å². The van der Waals surface area contributed by atoms with Crippen LogP contribution in [0.1, 0.15) is 32.2 Å². The zero-order chi connectivity index (χ0) is 18.7. The molecule has 9 nitrogen and oxygen atoms in total. The first kappa shape index (κ1) is 18.1. The lowest BCUT2D eigenvalue weighted by atomic mass is 10.1. The summed E-state index contributed by atoms with van der Waals surface area (Å²) in [5.41, 5.74) is 7.65. The summed E-state index contributed by atoms with van der Waals surface area (Å²) in [5, 5.41) is 15.8. The minimum Gasteiger partial charge on any atom is -0.368 e.